The van der Waals surface area contributed by atoms with Gasteiger partial charge in [-0.2, -0.15) is 10.5 Å². The summed E-state index contributed by atoms with van der Waals surface area (Å²) < 4.78 is 2.11. The first-order valence-corrected chi connectivity index (χ1v) is 7.91. The van der Waals surface area contributed by atoms with E-state index in [-0.39, 0.29) is 5.82 Å². The highest BCUT2D eigenvalue weighted by atomic mass is 15.5. The van der Waals surface area contributed by atoms with Gasteiger partial charge in [-0.3, -0.25) is 4.57 Å². The molecule has 0 amide bonds. The zero-order valence-electron chi connectivity index (χ0n) is 13.9. The van der Waals surface area contributed by atoms with Gasteiger partial charge in [-0.15, -0.1) is 10.2 Å². The van der Waals surface area contributed by atoms with E-state index in [0.29, 0.717) is 5.57 Å². The summed E-state index contributed by atoms with van der Waals surface area (Å²) >= 11 is 0. The maximum Gasteiger partial charge on any atom is 0.216 e. The number of nitriles is 1. The van der Waals surface area contributed by atoms with Crippen LogP contribution in [0.3, 0.4) is 0 Å². The highest BCUT2D eigenvalue weighted by Gasteiger charge is 2.09. The van der Waals surface area contributed by atoms with Crippen molar-refractivity contribution in [1.29, 1.82) is 5.26 Å². The molecular weight excluding hydrogens is 328 g/mol. The fourth-order valence-electron chi connectivity index (χ4n) is 2.76. The molecule has 2 N–H and O–H groups in total. The standard InChI is InChI=1S/C18H14N8/c1-12-21-16-4-2-3-5-17(16)26(12)15-8-6-14(7-9-15)20-11-13(10-19)18-22-24-25-23-18/h2-9,11,20H,1H3,(H,22,23,24,25). The van der Waals surface area contributed by atoms with Crippen LogP contribution >= 0.6 is 0 Å². The second-order valence-corrected chi connectivity index (χ2v) is 5.58. The molecule has 2 heterocycles. The largest absolute Gasteiger partial charge is 0.360 e. The Labute approximate surface area is 148 Å². The lowest BCUT2D eigenvalue weighted by molar-refractivity contribution is 0.881. The number of aryl methyl sites for hydroxylation is 1. The number of nitrogens with zero attached hydrogens (tertiary/aromatic N) is 6. The average molecular weight is 342 g/mol. The highest BCUT2D eigenvalue weighted by Crippen LogP contribution is 2.22. The first-order valence-electron chi connectivity index (χ1n) is 7.91. The van der Waals surface area contributed by atoms with E-state index in [1.54, 1.807) is 6.20 Å². The number of fused-ring (bicyclic) bond motifs is 1. The molecule has 0 aliphatic rings. The second kappa shape index (κ2) is 6.49. The molecule has 0 saturated heterocycles. The third kappa shape index (κ3) is 2.78. The molecule has 8 nitrogen and oxygen atoms in total. The Bertz CT molecular complexity index is 1110. The summed E-state index contributed by atoms with van der Waals surface area (Å²) in [4.78, 5) is 4.59. The van der Waals surface area contributed by atoms with Crippen LogP contribution in [0.5, 0.6) is 0 Å². The minimum absolute atomic E-state index is 0.247. The molecule has 0 saturated carbocycles. The molecule has 4 rings (SSSR count). The van der Waals surface area contributed by atoms with E-state index in [1.807, 2.05) is 61.5 Å². The minimum Gasteiger partial charge on any atom is -0.360 e. The van der Waals surface area contributed by atoms with Crippen LogP contribution in [0.15, 0.2) is 54.7 Å². The van der Waals surface area contributed by atoms with Crippen LogP contribution in [-0.2, 0) is 0 Å². The smallest absolute Gasteiger partial charge is 0.216 e. The molecule has 0 aliphatic heterocycles. The van der Waals surface area contributed by atoms with Crippen LogP contribution in [0.25, 0.3) is 22.3 Å². The predicted octanol–water partition coefficient (Wildman–Crippen LogP) is 2.82. The van der Waals surface area contributed by atoms with Gasteiger partial charge in [0.2, 0.25) is 5.82 Å². The summed E-state index contributed by atoms with van der Waals surface area (Å²) in [6.07, 6.45) is 1.55. The molecular formula is C18H14N8. The van der Waals surface area contributed by atoms with Crippen molar-refractivity contribution >= 4 is 22.3 Å². The summed E-state index contributed by atoms with van der Waals surface area (Å²) in [5.41, 5.74) is 4.18. The molecule has 26 heavy (non-hydrogen) atoms. The molecule has 0 spiro atoms. The number of imidazole rings is 1. The molecule has 0 aliphatic carbocycles. The number of allylic oxidation sites excluding steroid dienone is 1. The lowest BCUT2D eigenvalue weighted by atomic mass is 10.2. The van der Waals surface area contributed by atoms with Crippen LogP contribution in [0.4, 0.5) is 5.69 Å². The Morgan fingerprint density at radius 3 is 2.73 bits per heavy atom. The molecule has 0 bridgehead atoms. The molecule has 2 aromatic carbocycles. The molecule has 0 atom stereocenters. The lowest BCUT2D eigenvalue weighted by Gasteiger charge is -2.08. The monoisotopic (exact) mass is 342 g/mol. The van der Waals surface area contributed by atoms with Gasteiger partial charge in [-0.05, 0) is 48.5 Å². The van der Waals surface area contributed by atoms with E-state index in [2.05, 4.69) is 35.5 Å². The molecule has 0 unspecified atom stereocenters. The fraction of sp³-hybridized carbons (Fsp3) is 0.0556. The van der Waals surface area contributed by atoms with Gasteiger partial charge in [0.1, 0.15) is 17.5 Å². The predicted molar refractivity (Wildman–Crippen MR) is 97.2 cm³/mol. The topological polar surface area (TPSA) is 108 Å². The average Bonchev–Trinajstić information content (AvgIpc) is 3.30. The van der Waals surface area contributed by atoms with E-state index in [9.17, 15) is 5.26 Å². The van der Waals surface area contributed by atoms with Gasteiger partial charge >= 0.3 is 0 Å². The van der Waals surface area contributed by atoms with Crippen molar-refractivity contribution in [2.45, 2.75) is 6.92 Å². The van der Waals surface area contributed by atoms with Crippen molar-refractivity contribution in [3.05, 3.63) is 66.4 Å². The van der Waals surface area contributed by atoms with Crippen molar-refractivity contribution in [3.8, 4) is 11.8 Å². The van der Waals surface area contributed by atoms with Crippen molar-refractivity contribution in [2.24, 2.45) is 0 Å². The first-order chi connectivity index (χ1) is 12.8. The third-order valence-electron chi connectivity index (χ3n) is 3.94. The molecule has 0 fully saturated rings. The number of para-hydroxylation sites is 2. The molecule has 4 aromatic rings. The van der Waals surface area contributed by atoms with Crippen LogP contribution < -0.4 is 5.32 Å². The summed E-state index contributed by atoms with van der Waals surface area (Å²) in [5, 5.41) is 25.6. The number of nitrogens with one attached hydrogen (secondary N) is 2. The Hall–Kier alpha value is -3.99. The van der Waals surface area contributed by atoms with Crippen LogP contribution in [0, 0.1) is 18.3 Å². The Balaban J connectivity index is 1.61. The Morgan fingerprint density at radius 2 is 2.00 bits per heavy atom. The zero-order valence-corrected chi connectivity index (χ0v) is 13.9. The Morgan fingerprint density at radius 1 is 1.19 bits per heavy atom. The summed E-state index contributed by atoms with van der Waals surface area (Å²) in [6, 6.07) is 17.9. The van der Waals surface area contributed by atoms with Crippen molar-refractivity contribution < 1.29 is 0 Å². The summed E-state index contributed by atoms with van der Waals surface area (Å²) in [5.74, 6) is 1.17. The van der Waals surface area contributed by atoms with Crippen molar-refractivity contribution in [3.63, 3.8) is 0 Å². The number of anilines is 1. The fourth-order valence-corrected chi connectivity index (χ4v) is 2.76. The van der Waals surface area contributed by atoms with Crippen LogP contribution in [-0.4, -0.2) is 30.2 Å². The number of aromatic nitrogens is 6. The van der Waals surface area contributed by atoms with Gasteiger partial charge in [0.25, 0.3) is 0 Å². The van der Waals surface area contributed by atoms with E-state index < -0.39 is 0 Å². The highest BCUT2D eigenvalue weighted by molar-refractivity contribution is 5.78. The molecule has 126 valence electrons. The van der Waals surface area contributed by atoms with Gasteiger partial charge in [0.15, 0.2) is 0 Å². The first kappa shape index (κ1) is 15.5. The van der Waals surface area contributed by atoms with E-state index in [0.717, 1.165) is 28.2 Å². The van der Waals surface area contributed by atoms with Crippen molar-refractivity contribution in [1.82, 2.24) is 30.2 Å². The van der Waals surface area contributed by atoms with Gasteiger partial charge < -0.3 is 5.32 Å². The zero-order chi connectivity index (χ0) is 17.9. The lowest BCUT2D eigenvalue weighted by Crippen LogP contribution is -1.97. The SMILES string of the molecule is Cc1nc2ccccc2n1-c1ccc(NC=C(C#N)c2nn[nH]n2)cc1. The normalized spacial score (nSPS) is 11.5. The second-order valence-electron chi connectivity index (χ2n) is 5.58. The molecule has 0 radical (unpaired) electrons. The summed E-state index contributed by atoms with van der Waals surface area (Å²) in [7, 11) is 0. The van der Waals surface area contributed by atoms with Gasteiger partial charge in [-0.25, -0.2) is 4.98 Å². The number of hydrogen-bond acceptors (Lipinski definition) is 6. The van der Waals surface area contributed by atoms with Gasteiger partial charge in [0, 0.05) is 17.6 Å². The van der Waals surface area contributed by atoms with E-state index >= 15 is 0 Å². The van der Waals surface area contributed by atoms with E-state index in [1.165, 1.54) is 0 Å². The summed E-state index contributed by atoms with van der Waals surface area (Å²) in [6.45, 7) is 1.99. The maximum atomic E-state index is 9.19. The van der Waals surface area contributed by atoms with E-state index in [4.69, 9.17) is 0 Å². The number of aromatic amines is 1. The number of rotatable bonds is 4. The number of benzene rings is 2. The molecule has 8 heteroatoms. The number of tetrazole rings is 1. The van der Waals surface area contributed by atoms with Crippen molar-refractivity contribution in [2.75, 3.05) is 5.32 Å². The van der Waals surface area contributed by atoms with Crippen LogP contribution in [0.1, 0.15) is 11.6 Å². The third-order valence-corrected chi connectivity index (χ3v) is 3.94. The number of hydrogen-bond donors (Lipinski definition) is 2. The molecule has 2 aromatic heterocycles. The van der Waals surface area contributed by atoms with Crippen LogP contribution in [0.2, 0.25) is 0 Å². The number of H-pyrrole nitrogens is 1. The maximum absolute atomic E-state index is 9.19. The minimum atomic E-state index is 0.247. The Kier molecular flexibility index (Phi) is 3.88. The van der Waals surface area contributed by atoms with Gasteiger partial charge in [0.05, 0.1) is 11.0 Å². The quantitative estimate of drug-likeness (QED) is 0.552. The van der Waals surface area contributed by atoms with Gasteiger partial charge in [-0.1, -0.05) is 12.1 Å².